The fourth-order valence-corrected chi connectivity index (χ4v) is 14.4. The van der Waals surface area contributed by atoms with Crippen LogP contribution in [0.15, 0.2) is 102 Å². The number of amides is 2. The van der Waals surface area contributed by atoms with Crippen LogP contribution in [0.4, 0.5) is 39.0 Å². The molecule has 4 N–H and O–H groups in total. The molecule has 1 spiro atoms. The normalized spacial score (nSPS) is 20.9. The number of likely N-dealkylation sites (tertiary alicyclic amines) is 1. The Morgan fingerprint density at radius 3 is 2.52 bits per heavy atom. The number of pyridine rings is 2. The number of sulfonamides is 1. The monoisotopic (exact) mass is 1190 g/mol. The first-order valence-electron chi connectivity index (χ1n) is 28.4. The van der Waals surface area contributed by atoms with Crippen molar-refractivity contribution in [2.24, 2.45) is 11.3 Å². The first-order chi connectivity index (χ1) is 40.4. The minimum Gasteiger partial charge on any atom is -0.468 e. The van der Waals surface area contributed by atoms with Gasteiger partial charge in [-0.25, -0.2) is 27.5 Å². The van der Waals surface area contributed by atoms with Crippen molar-refractivity contribution in [2.75, 3.05) is 79.7 Å². The average molecular weight is 1190 g/mol. The maximum atomic E-state index is 14.9. The van der Waals surface area contributed by atoms with Crippen LogP contribution < -0.4 is 29.5 Å². The number of phosphoric acid groups is 1. The molecule has 24 nitrogen and oxygen atoms in total. The summed E-state index contributed by atoms with van der Waals surface area (Å²) in [6, 6.07) is 24.8. The summed E-state index contributed by atoms with van der Waals surface area (Å²) in [5, 5.41) is 16.1. The molecule has 0 radical (unpaired) electrons. The molecule has 8 heterocycles. The van der Waals surface area contributed by atoms with E-state index in [0.29, 0.717) is 54.3 Å². The van der Waals surface area contributed by atoms with Gasteiger partial charge in [0.05, 0.1) is 46.9 Å². The minimum atomic E-state index is -4.83. The Bertz CT molecular complexity index is 3660. The van der Waals surface area contributed by atoms with Gasteiger partial charge in [-0.15, -0.1) is 0 Å². The Morgan fingerprint density at radius 1 is 0.952 bits per heavy atom. The number of rotatable bonds is 17. The molecule has 12 rings (SSSR count). The van der Waals surface area contributed by atoms with E-state index in [1.165, 1.54) is 61.5 Å². The Balaban J connectivity index is 0.829. The molecule has 84 heavy (non-hydrogen) atoms. The Kier molecular flexibility index (Phi) is 15.9. The van der Waals surface area contributed by atoms with E-state index in [1.54, 1.807) is 22.9 Å². The van der Waals surface area contributed by atoms with Crippen LogP contribution in [-0.2, 0) is 46.7 Å². The summed E-state index contributed by atoms with van der Waals surface area (Å²) >= 11 is 0. The summed E-state index contributed by atoms with van der Waals surface area (Å²) < 4.78 is 72.3. The number of ether oxygens (including phenoxy) is 4. The van der Waals surface area contributed by atoms with Crippen molar-refractivity contribution in [3.63, 3.8) is 0 Å². The van der Waals surface area contributed by atoms with Crippen molar-refractivity contribution in [3.05, 3.63) is 130 Å². The summed E-state index contributed by atoms with van der Waals surface area (Å²) in [6.07, 6.45) is 9.84. The lowest BCUT2D eigenvalue weighted by Gasteiger charge is -2.56. The first-order valence-corrected chi connectivity index (χ1v) is 31.4. The van der Waals surface area contributed by atoms with Gasteiger partial charge < -0.3 is 43.9 Å². The second kappa shape index (κ2) is 23.3. The van der Waals surface area contributed by atoms with Crippen molar-refractivity contribution in [2.45, 2.75) is 101 Å². The molecule has 1 aliphatic carbocycles. The van der Waals surface area contributed by atoms with Gasteiger partial charge in [0.1, 0.15) is 28.9 Å². The first kappa shape index (κ1) is 57.2. The summed E-state index contributed by atoms with van der Waals surface area (Å²) in [5.41, 5.74) is 4.96. The van der Waals surface area contributed by atoms with Crippen LogP contribution in [0, 0.1) is 28.4 Å². The van der Waals surface area contributed by atoms with E-state index in [1.807, 2.05) is 23.1 Å². The van der Waals surface area contributed by atoms with Crippen LogP contribution in [0.25, 0.3) is 11.0 Å². The molecular formula is C58H67N10O14PS. The summed E-state index contributed by atoms with van der Waals surface area (Å²) in [6.45, 7) is 6.00. The molecule has 0 unspecified atom stereocenters. The topological polar surface area (TPSA) is 283 Å². The second-order valence-corrected chi connectivity index (χ2v) is 25.7. The third-order valence-corrected chi connectivity index (χ3v) is 19.5. The van der Waals surface area contributed by atoms with E-state index in [0.717, 1.165) is 74.8 Å². The molecule has 4 saturated heterocycles. The summed E-state index contributed by atoms with van der Waals surface area (Å²) in [7, 11) is -8.14. The van der Waals surface area contributed by atoms with Gasteiger partial charge in [-0.1, -0.05) is 30.3 Å². The van der Waals surface area contributed by atoms with Crippen LogP contribution in [0.5, 0.6) is 5.88 Å². The lowest BCUT2D eigenvalue weighted by Crippen LogP contribution is -2.55. The number of nitrogens with one attached hydrogen (secondary N) is 2. The van der Waals surface area contributed by atoms with Gasteiger partial charge in [-0.3, -0.25) is 33.8 Å². The number of carbonyl (C=O) groups excluding carboxylic acids is 2. The van der Waals surface area contributed by atoms with Crippen LogP contribution >= 0.6 is 7.82 Å². The molecule has 5 aliphatic heterocycles. The number of aryl methyl sites for hydroxylation is 1. The largest absolute Gasteiger partial charge is 0.469 e. The van der Waals surface area contributed by atoms with Gasteiger partial charge in [-0.2, -0.15) is 4.98 Å². The predicted molar refractivity (Wildman–Crippen MR) is 310 cm³/mol. The molecule has 6 aliphatic rings. The van der Waals surface area contributed by atoms with E-state index in [2.05, 4.69) is 60.5 Å². The number of hydrogen-bond donors (Lipinski definition) is 4. The van der Waals surface area contributed by atoms with E-state index >= 15 is 0 Å². The number of aromatic nitrogens is 3. The number of benzene rings is 3. The van der Waals surface area contributed by atoms with Gasteiger partial charge in [0.25, 0.3) is 21.6 Å². The van der Waals surface area contributed by atoms with E-state index in [9.17, 15) is 42.5 Å². The highest BCUT2D eigenvalue weighted by atomic mass is 32.2. The van der Waals surface area contributed by atoms with Gasteiger partial charge >= 0.3 is 13.9 Å². The third-order valence-electron chi connectivity index (χ3n) is 17.7. The lowest BCUT2D eigenvalue weighted by atomic mass is 9.59. The van der Waals surface area contributed by atoms with E-state index in [-0.39, 0.29) is 59.8 Å². The summed E-state index contributed by atoms with van der Waals surface area (Å²) in [4.78, 5) is 75.4. The van der Waals surface area contributed by atoms with Crippen LogP contribution in [0.1, 0.15) is 84.5 Å². The zero-order valence-corrected chi connectivity index (χ0v) is 48.3. The van der Waals surface area contributed by atoms with Crippen molar-refractivity contribution in [3.8, 4) is 5.88 Å². The highest BCUT2D eigenvalue weighted by Crippen LogP contribution is 2.55. The Hall–Kier alpha value is -7.22. The highest BCUT2D eigenvalue weighted by molar-refractivity contribution is 7.90. The van der Waals surface area contributed by atoms with Crippen LogP contribution in [0.2, 0.25) is 0 Å². The Labute approximate surface area is 485 Å². The molecule has 26 heteroatoms. The zero-order valence-electron chi connectivity index (χ0n) is 46.6. The molecule has 444 valence electrons. The van der Waals surface area contributed by atoms with Gasteiger partial charge in [0.2, 0.25) is 5.88 Å². The highest BCUT2D eigenvalue weighted by Gasteiger charge is 2.50. The third kappa shape index (κ3) is 11.7. The lowest BCUT2D eigenvalue weighted by molar-refractivity contribution is -0.384. The summed E-state index contributed by atoms with van der Waals surface area (Å²) in [5.74, 6) is -0.508. The van der Waals surface area contributed by atoms with Crippen molar-refractivity contribution < 1.29 is 60.8 Å². The van der Waals surface area contributed by atoms with Gasteiger partial charge in [0, 0.05) is 87.1 Å². The molecule has 1 saturated carbocycles. The molecule has 2 amide bonds. The molecule has 0 bridgehead atoms. The number of nitro benzene ring substituents is 1. The number of nitro groups is 1. The van der Waals surface area contributed by atoms with Crippen LogP contribution in [-0.4, -0.2) is 132 Å². The maximum Gasteiger partial charge on any atom is 0.469 e. The van der Waals surface area contributed by atoms with E-state index < -0.39 is 64.1 Å². The second-order valence-electron chi connectivity index (χ2n) is 22.8. The zero-order chi connectivity index (χ0) is 58.5. The molecule has 6 aromatic rings. The number of nitrogens with zero attached hydrogens (tertiary/aromatic N) is 8. The quantitative estimate of drug-likeness (QED) is 0.0379. The molecule has 3 aromatic carbocycles. The molecule has 5 fully saturated rings. The standard InChI is InChI=1S/C58H67N10O14PS/c1-37-7-3-4-9-44(37)47-10-6-21-66(47)42-30-58(31-42)18-23-64(24-19-58)41-11-13-45(55(69)62-84(76,77)43-12-14-46(49(29-43)68(71)72)60-32-38-16-25-78-26-17-38)48(28-41)67-50-27-39-15-22-65(54(39)61-56(50)82-52-35-79-34-51(52)67)36-80-57(70)63(2)53-40(8-5-20-59-53)33-81-83(73,74)75/h3-5,7-9,11-15,20,22,27-29,38,42,47,51-52,60H,6,10,16-19,21,23-26,30-36H2,1-2H3,(H,62,69)(H2,73,74,75)/t47-,51+,52+/m0/s1. The molecule has 3 atom stereocenters. The minimum absolute atomic E-state index is 0.00673. The number of hydrogen-bond acceptors (Lipinski definition) is 18. The number of phosphoric ester groups is 1. The number of carbonyl (C=O) groups is 2. The smallest absolute Gasteiger partial charge is 0.468 e. The fraction of sp³-hybridized carbons (Fsp3) is 0.448. The van der Waals surface area contributed by atoms with Crippen molar-refractivity contribution >= 4 is 75.1 Å². The molecule has 3 aromatic heterocycles. The van der Waals surface area contributed by atoms with Crippen molar-refractivity contribution in [1.82, 2.24) is 24.2 Å². The van der Waals surface area contributed by atoms with Gasteiger partial charge in [0.15, 0.2) is 6.73 Å². The van der Waals surface area contributed by atoms with E-state index in [4.69, 9.17) is 23.9 Å². The maximum absolute atomic E-state index is 14.9. The van der Waals surface area contributed by atoms with Gasteiger partial charge in [-0.05, 0) is 136 Å². The Morgan fingerprint density at radius 2 is 1.75 bits per heavy atom. The fourth-order valence-electron chi connectivity index (χ4n) is 13.1. The van der Waals surface area contributed by atoms with Crippen molar-refractivity contribution in [1.29, 1.82) is 0 Å². The molecular weight excluding hydrogens is 1120 g/mol. The number of anilines is 5. The SMILES string of the molecule is Cc1ccccc1[C@@H]1CCCN1C1CC2(CCN(c3ccc(C(=O)NS(=O)(=O)c4ccc(NCC5CCOCC5)c([N+](=O)[O-])c4)c(N4c5cc6ccn(COC(=O)N(C)c7ncccc7COP(=O)(O)O)c6nc5O[C@@H]5COC[C@H]54)c3)CC2)C1. The average Bonchev–Trinajstić information content (AvgIpc) is 3.04. The number of piperidine rings is 1. The number of fused-ring (bicyclic) bond motifs is 3. The van der Waals surface area contributed by atoms with Crippen LogP contribution in [0.3, 0.4) is 0 Å². The predicted octanol–water partition coefficient (Wildman–Crippen LogP) is 8.33.